The molecular weight excluding hydrogens is 386 g/mol. The largest absolute Gasteiger partial charge is 0.465 e. The van der Waals surface area contributed by atoms with Crippen LogP contribution in [0.5, 0.6) is 0 Å². The van der Waals surface area contributed by atoms with Crippen molar-refractivity contribution in [3.05, 3.63) is 59.6 Å². The summed E-state index contributed by atoms with van der Waals surface area (Å²) in [6.45, 7) is 5.37. The van der Waals surface area contributed by atoms with Crippen molar-refractivity contribution in [1.82, 2.24) is 10.2 Å². The van der Waals surface area contributed by atoms with Gasteiger partial charge in [-0.25, -0.2) is 0 Å². The highest BCUT2D eigenvalue weighted by molar-refractivity contribution is 7.99. The molecule has 0 saturated carbocycles. The Morgan fingerprint density at radius 2 is 2.07 bits per heavy atom. The number of benzene rings is 1. The lowest BCUT2D eigenvalue weighted by atomic mass is 10.1. The normalized spacial score (nSPS) is 14.8. The van der Waals surface area contributed by atoms with Crippen LogP contribution in [0.15, 0.2) is 47.1 Å². The third kappa shape index (κ3) is 7.11. The first-order chi connectivity index (χ1) is 14.1. The predicted molar refractivity (Wildman–Crippen MR) is 118 cm³/mol. The summed E-state index contributed by atoms with van der Waals surface area (Å²) in [6, 6.07) is 9.74. The summed E-state index contributed by atoms with van der Waals surface area (Å²) < 4.78 is 5.13. The van der Waals surface area contributed by atoms with Crippen LogP contribution < -0.4 is 10.6 Å². The fourth-order valence-corrected chi connectivity index (χ4v) is 4.01. The molecule has 0 aliphatic carbocycles. The fourth-order valence-electron chi connectivity index (χ4n) is 3.03. The molecule has 1 fully saturated rings. The van der Waals surface area contributed by atoms with Crippen molar-refractivity contribution in [2.75, 3.05) is 36.5 Å². The topological polar surface area (TPSA) is 74.6 Å². The lowest BCUT2D eigenvalue weighted by molar-refractivity contribution is -0.117. The van der Waals surface area contributed by atoms with Crippen molar-refractivity contribution in [2.24, 2.45) is 0 Å². The highest BCUT2D eigenvalue weighted by atomic mass is 32.2. The summed E-state index contributed by atoms with van der Waals surface area (Å²) in [7, 11) is 0. The second kappa shape index (κ2) is 10.9. The molecule has 0 unspecified atom stereocenters. The molecule has 1 saturated heterocycles. The van der Waals surface area contributed by atoms with E-state index in [1.54, 1.807) is 24.5 Å². The summed E-state index contributed by atoms with van der Waals surface area (Å²) in [5.41, 5.74) is 3.07. The first-order valence-corrected chi connectivity index (χ1v) is 10.9. The third-order valence-corrected chi connectivity index (χ3v) is 5.62. The van der Waals surface area contributed by atoms with Gasteiger partial charge in [-0.2, -0.15) is 11.8 Å². The monoisotopic (exact) mass is 413 g/mol. The zero-order valence-corrected chi connectivity index (χ0v) is 17.5. The van der Waals surface area contributed by atoms with E-state index < -0.39 is 0 Å². The molecule has 1 aromatic heterocycles. The summed E-state index contributed by atoms with van der Waals surface area (Å²) in [4.78, 5) is 26.5. The van der Waals surface area contributed by atoms with Crippen molar-refractivity contribution < 1.29 is 14.0 Å². The van der Waals surface area contributed by atoms with Gasteiger partial charge in [-0.05, 0) is 42.3 Å². The van der Waals surface area contributed by atoms with Crippen LogP contribution in [0.4, 0.5) is 5.69 Å². The molecule has 6 nitrogen and oxygen atoms in total. The Morgan fingerprint density at radius 1 is 1.24 bits per heavy atom. The molecule has 29 heavy (non-hydrogen) atoms. The molecule has 154 valence electrons. The van der Waals surface area contributed by atoms with Gasteiger partial charge >= 0.3 is 0 Å². The first-order valence-electron chi connectivity index (χ1n) is 9.79. The van der Waals surface area contributed by atoms with Crippen LogP contribution in [0, 0.1) is 6.92 Å². The van der Waals surface area contributed by atoms with E-state index >= 15 is 0 Å². The minimum Gasteiger partial charge on any atom is -0.465 e. The van der Waals surface area contributed by atoms with Gasteiger partial charge in [-0.15, -0.1) is 0 Å². The Labute approximate surface area is 175 Å². The number of carbonyl (C=O) groups excluding carboxylic acids is 2. The number of nitrogens with zero attached hydrogens (tertiary/aromatic N) is 1. The first kappa shape index (κ1) is 21.2. The Kier molecular flexibility index (Phi) is 7.95. The number of nitrogens with one attached hydrogen (secondary N) is 2. The van der Waals surface area contributed by atoms with Crippen LogP contribution in [0.3, 0.4) is 0 Å². The zero-order chi connectivity index (χ0) is 20.5. The Hall–Kier alpha value is -2.51. The minimum absolute atomic E-state index is 0.116. The van der Waals surface area contributed by atoms with Crippen LogP contribution in [0.2, 0.25) is 0 Å². The maximum Gasteiger partial charge on any atom is 0.244 e. The summed E-state index contributed by atoms with van der Waals surface area (Å²) in [5.74, 6) is 2.59. The highest BCUT2D eigenvalue weighted by Gasteiger charge is 2.12. The van der Waals surface area contributed by atoms with Gasteiger partial charge < -0.3 is 15.1 Å². The molecule has 2 amide bonds. The molecule has 0 atom stereocenters. The summed E-state index contributed by atoms with van der Waals surface area (Å²) in [5, 5.41) is 5.68. The van der Waals surface area contributed by atoms with Crippen molar-refractivity contribution in [2.45, 2.75) is 19.9 Å². The number of rotatable bonds is 8. The second-order valence-corrected chi connectivity index (χ2v) is 8.20. The molecule has 2 heterocycles. The van der Waals surface area contributed by atoms with Gasteiger partial charge in [-0.1, -0.05) is 12.1 Å². The number of amides is 2. The van der Waals surface area contributed by atoms with Gasteiger partial charge in [0.1, 0.15) is 5.76 Å². The Bertz CT molecular complexity index is 843. The van der Waals surface area contributed by atoms with Gasteiger partial charge in [0.15, 0.2) is 0 Å². The molecule has 3 rings (SSSR count). The molecule has 7 heteroatoms. The van der Waals surface area contributed by atoms with Crippen molar-refractivity contribution >= 4 is 35.3 Å². The SMILES string of the molecule is Cc1ccc(CN2CCSCC2)cc1NC(=O)CCNC(=O)/C=C/c1ccco1. The van der Waals surface area contributed by atoms with E-state index in [-0.39, 0.29) is 24.8 Å². The lowest BCUT2D eigenvalue weighted by Gasteiger charge is -2.26. The van der Waals surface area contributed by atoms with E-state index in [2.05, 4.69) is 27.7 Å². The molecule has 0 bridgehead atoms. The molecule has 1 aliphatic heterocycles. The molecule has 0 spiro atoms. The van der Waals surface area contributed by atoms with E-state index in [4.69, 9.17) is 4.42 Å². The second-order valence-electron chi connectivity index (χ2n) is 6.98. The van der Waals surface area contributed by atoms with Crippen LogP contribution in [0.25, 0.3) is 6.08 Å². The number of furan rings is 1. The van der Waals surface area contributed by atoms with Crippen LogP contribution in [-0.4, -0.2) is 47.9 Å². The zero-order valence-electron chi connectivity index (χ0n) is 16.6. The van der Waals surface area contributed by atoms with Crippen molar-refractivity contribution in [1.29, 1.82) is 0 Å². The van der Waals surface area contributed by atoms with Crippen molar-refractivity contribution in [3.8, 4) is 0 Å². The van der Waals surface area contributed by atoms with Gasteiger partial charge in [0.25, 0.3) is 0 Å². The Morgan fingerprint density at radius 3 is 2.83 bits per heavy atom. The maximum absolute atomic E-state index is 12.3. The van der Waals surface area contributed by atoms with E-state index in [1.165, 1.54) is 23.1 Å². The van der Waals surface area contributed by atoms with Gasteiger partial charge in [0, 0.05) is 55.9 Å². The lowest BCUT2D eigenvalue weighted by Crippen LogP contribution is -2.32. The average molecular weight is 414 g/mol. The van der Waals surface area contributed by atoms with Gasteiger partial charge in [-0.3, -0.25) is 14.5 Å². The number of anilines is 1. The Balaban J connectivity index is 1.44. The maximum atomic E-state index is 12.3. The highest BCUT2D eigenvalue weighted by Crippen LogP contribution is 2.20. The van der Waals surface area contributed by atoms with E-state index in [1.807, 2.05) is 24.8 Å². The van der Waals surface area contributed by atoms with Gasteiger partial charge in [0.05, 0.1) is 6.26 Å². The number of aryl methyl sites for hydroxylation is 1. The molecule has 2 N–H and O–H groups in total. The number of carbonyl (C=O) groups is 2. The fraction of sp³-hybridized carbons (Fsp3) is 0.364. The molecule has 2 aromatic rings. The van der Waals surface area contributed by atoms with Crippen LogP contribution >= 0.6 is 11.8 Å². The number of thioether (sulfide) groups is 1. The predicted octanol–water partition coefficient (Wildman–Crippen LogP) is 3.30. The van der Waals surface area contributed by atoms with E-state index in [0.717, 1.165) is 30.9 Å². The van der Waals surface area contributed by atoms with E-state index in [0.29, 0.717) is 5.76 Å². The quantitative estimate of drug-likeness (QED) is 0.650. The van der Waals surface area contributed by atoms with E-state index in [9.17, 15) is 9.59 Å². The van der Waals surface area contributed by atoms with Gasteiger partial charge in [0.2, 0.25) is 11.8 Å². The van der Waals surface area contributed by atoms with Crippen LogP contribution in [0.1, 0.15) is 23.3 Å². The minimum atomic E-state index is -0.257. The molecular formula is C22H27N3O3S. The third-order valence-electron chi connectivity index (χ3n) is 4.68. The van der Waals surface area contributed by atoms with Crippen molar-refractivity contribution in [3.63, 3.8) is 0 Å². The summed E-state index contributed by atoms with van der Waals surface area (Å²) in [6.07, 6.45) is 4.74. The number of hydrogen-bond donors (Lipinski definition) is 2. The summed E-state index contributed by atoms with van der Waals surface area (Å²) >= 11 is 2.00. The molecule has 1 aliphatic rings. The smallest absolute Gasteiger partial charge is 0.244 e. The standard InChI is InChI=1S/C22H27N3O3S/c1-17-4-5-18(16-25-10-13-29-14-11-25)15-20(17)24-22(27)8-9-23-21(26)7-6-19-3-2-12-28-19/h2-7,12,15H,8-11,13-14,16H2,1H3,(H,23,26)(H,24,27)/b7-6+. The average Bonchev–Trinajstić information content (AvgIpc) is 3.23. The van der Waals surface area contributed by atoms with Crippen LogP contribution in [-0.2, 0) is 16.1 Å². The molecule has 1 aromatic carbocycles. The molecule has 0 radical (unpaired) electrons. The number of hydrogen-bond acceptors (Lipinski definition) is 5.